The molecule has 1 aliphatic heterocycles. The zero-order valence-electron chi connectivity index (χ0n) is 9.40. The summed E-state index contributed by atoms with van der Waals surface area (Å²) in [6.07, 6.45) is 3.40. The van der Waals surface area contributed by atoms with E-state index in [-0.39, 0.29) is 18.5 Å². The summed E-state index contributed by atoms with van der Waals surface area (Å²) < 4.78 is 10.5. The third-order valence-corrected chi connectivity index (χ3v) is 2.41. The van der Waals surface area contributed by atoms with Gasteiger partial charge in [-0.15, -0.1) is 0 Å². The molecule has 0 aromatic heterocycles. The van der Waals surface area contributed by atoms with Crippen molar-refractivity contribution in [2.24, 2.45) is 5.92 Å². The molecule has 1 aliphatic rings. The largest absolute Gasteiger partial charge is 0.454 e. The van der Waals surface area contributed by atoms with Gasteiger partial charge in [0.25, 0.3) is 0 Å². The summed E-state index contributed by atoms with van der Waals surface area (Å²) >= 11 is 0. The highest BCUT2D eigenvalue weighted by molar-refractivity contribution is 5.94. The number of rotatable bonds is 3. The van der Waals surface area contributed by atoms with Crippen LogP contribution >= 0.6 is 0 Å². The maximum Gasteiger partial charge on any atom is 0.231 e. The van der Waals surface area contributed by atoms with Crippen LogP contribution in [-0.4, -0.2) is 12.6 Å². The van der Waals surface area contributed by atoms with Gasteiger partial charge in [-0.3, -0.25) is 4.79 Å². The minimum absolute atomic E-state index is 0.0326. The first-order valence-corrected chi connectivity index (χ1v) is 5.28. The van der Waals surface area contributed by atoms with Crippen molar-refractivity contribution in [3.05, 3.63) is 29.8 Å². The van der Waals surface area contributed by atoms with E-state index in [1.165, 1.54) is 0 Å². The number of carbonyl (C=O) groups is 1. The molecule has 1 aromatic carbocycles. The van der Waals surface area contributed by atoms with Gasteiger partial charge in [-0.2, -0.15) is 0 Å². The van der Waals surface area contributed by atoms with Gasteiger partial charge in [-0.25, -0.2) is 0 Å². The molecule has 0 amide bonds. The number of hydrogen-bond acceptors (Lipinski definition) is 3. The molecule has 1 heterocycles. The minimum Gasteiger partial charge on any atom is -0.454 e. The maximum absolute atomic E-state index is 11.4. The standard InChI is InChI=1S/C13H14O3/c1-9(2)11(14)5-3-10-4-6-12-13(7-10)16-8-15-12/h3-7,9H,8H2,1-2H3. The molecule has 0 unspecified atom stereocenters. The van der Waals surface area contributed by atoms with Crippen LogP contribution in [0.15, 0.2) is 24.3 Å². The van der Waals surface area contributed by atoms with Crippen molar-refractivity contribution in [3.63, 3.8) is 0 Å². The second kappa shape index (κ2) is 4.39. The third kappa shape index (κ3) is 2.24. The second-order valence-electron chi connectivity index (χ2n) is 4.00. The molecule has 0 aliphatic carbocycles. The van der Waals surface area contributed by atoms with Crippen LogP contribution in [0, 0.1) is 5.92 Å². The molecule has 1 aromatic rings. The predicted octanol–water partition coefficient (Wildman–Crippen LogP) is 2.65. The molecule has 0 fully saturated rings. The van der Waals surface area contributed by atoms with Crippen molar-refractivity contribution >= 4 is 11.9 Å². The summed E-state index contributed by atoms with van der Waals surface area (Å²) in [5.41, 5.74) is 0.943. The highest BCUT2D eigenvalue weighted by Crippen LogP contribution is 2.32. The summed E-state index contributed by atoms with van der Waals surface area (Å²) in [5, 5.41) is 0. The van der Waals surface area contributed by atoms with Crippen molar-refractivity contribution in [2.45, 2.75) is 13.8 Å². The Bertz CT molecular complexity index is 433. The highest BCUT2D eigenvalue weighted by atomic mass is 16.7. The number of allylic oxidation sites excluding steroid dienone is 1. The van der Waals surface area contributed by atoms with Crippen molar-refractivity contribution in [1.29, 1.82) is 0 Å². The monoisotopic (exact) mass is 218 g/mol. The van der Waals surface area contributed by atoms with Gasteiger partial charge in [-0.1, -0.05) is 26.0 Å². The SMILES string of the molecule is CC(C)C(=O)C=Cc1ccc2c(c1)OCO2. The van der Waals surface area contributed by atoms with E-state index in [0.29, 0.717) is 0 Å². The fourth-order valence-corrected chi connectivity index (χ4v) is 1.39. The molecule has 3 heteroatoms. The number of carbonyl (C=O) groups excluding carboxylic acids is 1. The summed E-state index contributed by atoms with van der Waals surface area (Å²) in [5.74, 6) is 1.65. The molecule has 16 heavy (non-hydrogen) atoms. The Hall–Kier alpha value is -1.77. The van der Waals surface area contributed by atoms with E-state index < -0.39 is 0 Å². The third-order valence-electron chi connectivity index (χ3n) is 2.41. The Kier molecular flexibility index (Phi) is 2.95. The van der Waals surface area contributed by atoms with Crippen LogP contribution in [0.4, 0.5) is 0 Å². The molecule has 84 valence electrons. The fraction of sp³-hybridized carbons (Fsp3) is 0.308. The quantitative estimate of drug-likeness (QED) is 0.732. The normalized spacial score (nSPS) is 13.7. The average Bonchev–Trinajstić information content (AvgIpc) is 2.72. The van der Waals surface area contributed by atoms with E-state index in [1.807, 2.05) is 32.0 Å². The van der Waals surface area contributed by atoms with Crippen LogP contribution in [0.25, 0.3) is 6.08 Å². The molecular weight excluding hydrogens is 204 g/mol. The second-order valence-corrected chi connectivity index (χ2v) is 4.00. The summed E-state index contributed by atoms with van der Waals surface area (Å²) in [7, 11) is 0. The number of fused-ring (bicyclic) bond motifs is 1. The highest BCUT2D eigenvalue weighted by Gasteiger charge is 2.12. The topological polar surface area (TPSA) is 35.5 Å². The van der Waals surface area contributed by atoms with Crippen molar-refractivity contribution in [2.75, 3.05) is 6.79 Å². The van der Waals surface area contributed by atoms with Crippen LogP contribution in [0.2, 0.25) is 0 Å². The lowest BCUT2D eigenvalue weighted by atomic mass is 10.1. The average molecular weight is 218 g/mol. The lowest BCUT2D eigenvalue weighted by molar-refractivity contribution is -0.117. The van der Waals surface area contributed by atoms with Gasteiger partial charge in [0.2, 0.25) is 6.79 Å². The van der Waals surface area contributed by atoms with Crippen LogP contribution < -0.4 is 9.47 Å². The van der Waals surface area contributed by atoms with Gasteiger partial charge in [-0.05, 0) is 23.8 Å². The predicted molar refractivity (Wildman–Crippen MR) is 61.4 cm³/mol. The first-order valence-electron chi connectivity index (χ1n) is 5.28. The number of ether oxygens (including phenoxy) is 2. The first-order chi connectivity index (χ1) is 7.66. The van der Waals surface area contributed by atoms with Gasteiger partial charge in [0.15, 0.2) is 17.3 Å². The number of ketones is 1. The van der Waals surface area contributed by atoms with E-state index in [0.717, 1.165) is 17.1 Å². The molecule has 0 bridgehead atoms. The Balaban J connectivity index is 2.14. The Morgan fingerprint density at radius 1 is 1.31 bits per heavy atom. The summed E-state index contributed by atoms with van der Waals surface area (Å²) in [6.45, 7) is 4.03. The molecular formula is C13H14O3. The lowest BCUT2D eigenvalue weighted by Gasteiger charge is -1.99. The van der Waals surface area contributed by atoms with Gasteiger partial charge < -0.3 is 9.47 Å². The summed E-state index contributed by atoms with van der Waals surface area (Å²) in [6, 6.07) is 5.62. The molecule has 0 spiro atoms. The van der Waals surface area contributed by atoms with Gasteiger partial charge in [0.1, 0.15) is 0 Å². The van der Waals surface area contributed by atoms with Crippen LogP contribution in [0.1, 0.15) is 19.4 Å². The Morgan fingerprint density at radius 2 is 2.06 bits per heavy atom. The smallest absolute Gasteiger partial charge is 0.231 e. The van der Waals surface area contributed by atoms with Gasteiger partial charge in [0.05, 0.1) is 0 Å². The van der Waals surface area contributed by atoms with E-state index in [2.05, 4.69) is 0 Å². The maximum atomic E-state index is 11.4. The van der Waals surface area contributed by atoms with Gasteiger partial charge in [0, 0.05) is 5.92 Å². The molecule has 2 rings (SSSR count). The zero-order chi connectivity index (χ0) is 11.5. The van der Waals surface area contributed by atoms with Crippen molar-refractivity contribution in [3.8, 4) is 11.5 Å². The molecule has 0 N–H and O–H groups in total. The molecule has 0 saturated carbocycles. The zero-order valence-corrected chi connectivity index (χ0v) is 9.40. The van der Waals surface area contributed by atoms with E-state index >= 15 is 0 Å². The fourth-order valence-electron chi connectivity index (χ4n) is 1.39. The molecule has 0 atom stereocenters. The Morgan fingerprint density at radius 3 is 2.81 bits per heavy atom. The van der Waals surface area contributed by atoms with E-state index in [1.54, 1.807) is 12.2 Å². The molecule has 0 saturated heterocycles. The van der Waals surface area contributed by atoms with Crippen molar-refractivity contribution < 1.29 is 14.3 Å². The molecule has 3 nitrogen and oxygen atoms in total. The van der Waals surface area contributed by atoms with Crippen molar-refractivity contribution in [1.82, 2.24) is 0 Å². The Labute approximate surface area is 94.7 Å². The van der Waals surface area contributed by atoms with Crippen LogP contribution in [-0.2, 0) is 4.79 Å². The molecule has 0 radical (unpaired) electrons. The van der Waals surface area contributed by atoms with E-state index in [4.69, 9.17) is 9.47 Å². The lowest BCUT2D eigenvalue weighted by Crippen LogP contribution is -2.01. The van der Waals surface area contributed by atoms with Crippen LogP contribution in [0.3, 0.4) is 0 Å². The van der Waals surface area contributed by atoms with Crippen LogP contribution in [0.5, 0.6) is 11.5 Å². The van der Waals surface area contributed by atoms with Gasteiger partial charge >= 0.3 is 0 Å². The summed E-state index contributed by atoms with van der Waals surface area (Å²) in [4.78, 5) is 11.4. The van der Waals surface area contributed by atoms with E-state index in [9.17, 15) is 4.79 Å². The number of hydrogen-bond donors (Lipinski definition) is 0. The minimum atomic E-state index is 0.0326. The number of benzene rings is 1. The first kappa shape index (κ1) is 10.7.